The first kappa shape index (κ1) is 14.8. The lowest BCUT2D eigenvalue weighted by Crippen LogP contribution is -2.19. The summed E-state index contributed by atoms with van der Waals surface area (Å²) >= 11 is 6.08. The van der Waals surface area contributed by atoms with Crippen molar-refractivity contribution in [2.24, 2.45) is 0 Å². The Balaban J connectivity index is 2.03. The van der Waals surface area contributed by atoms with Crippen molar-refractivity contribution in [3.8, 4) is 0 Å². The van der Waals surface area contributed by atoms with Crippen LogP contribution in [0.1, 0.15) is 37.8 Å². The average Bonchev–Trinajstić information content (AvgIpc) is 2.89. The lowest BCUT2D eigenvalue weighted by atomic mass is 10.2. The molecule has 1 aromatic carbocycles. The van der Waals surface area contributed by atoms with Crippen LogP contribution in [-0.2, 0) is 0 Å². The summed E-state index contributed by atoms with van der Waals surface area (Å²) in [6, 6.07) is 6.10. The van der Waals surface area contributed by atoms with E-state index in [4.69, 9.17) is 16.0 Å². The van der Waals surface area contributed by atoms with Crippen LogP contribution >= 0.6 is 11.6 Å². The largest absolute Gasteiger partial charge is 0.406 e. The summed E-state index contributed by atoms with van der Waals surface area (Å²) < 4.78 is 5.58. The van der Waals surface area contributed by atoms with E-state index in [1.54, 1.807) is 0 Å². The van der Waals surface area contributed by atoms with Crippen LogP contribution in [0.4, 0.5) is 11.7 Å². The van der Waals surface area contributed by atoms with Crippen LogP contribution in [0, 0.1) is 6.92 Å². The minimum absolute atomic E-state index is 0.0413. The molecule has 6 heteroatoms. The predicted octanol–water partition coefficient (Wildman–Crippen LogP) is 3.84. The molecular weight excluding hydrogens is 276 g/mol. The van der Waals surface area contributed by atoms with Crippen molar-refractivity contribution in [3.05, 3.63) is 34.7 Å². The molecule has 0 radical (unpaired) electrons. The maximum atomic E-state index is 6.08. The Kier molecular flexibility index (Phi) is 4.98. The number of benzene rings is 1. The van der Waals surface area contributed by atoms with Gasteiger partial charge in [0.05, 0.1) is 6.04 Å². The molecule has 108 valence electrons. The standard InChI is InChI=1S/C14H19ClN4O/c1-4-7-16-10(3)13-18-19-14(20-13)17-11-6-5-9(2)12(15)8-11/h5-6,8,10,16H,4,7H2,1-3H3,(H,17,19). The molecule has 0 saturated carbocycles. The van der Waals surface area contributed by atoms with Crippen LogP contribution in [-0.4, -0.2) is 16.7 Å². The summed E-state index contributed by atoms with van der Waals surface area (Å²) in [5, 5.41) is 15.1. The molecule has 1 aromatic heterocycles. The molecule has 0 aliphatic carbocycles. The number of hydrogen-bond donors (Lipinski definition) is 2. The Labute approximate surface area is 123 Å². The highest BCUT2D eigenvalue weighted by molar-refractivity contribution is 6.31. The van der Waals surface area contributed by atoms with Crippen LogP contribution < -0.4 is 10.6 Å². The van der Waals surface area contributed by atoms with Crippen molar-refractivity contribution in [2.75, 3.05) is 11.9 Å². The zero-order valence-electron chi connectivity index (χ0n) is 11.9. The molecule has 0 bridgehead atoms. The van der Waals surface area contributed by atoms with Crippen LogP contribution in [0.25, 0.3) is 0 Å². The molecule has 1 heterocycles. The summed E-state index contributed by atoms with van der Waals surface area (Å²) in [5.74, 6) is 0.569. The number of halogens is 1. The third-order valence-corrected chi connectivity index (χ3v) is 3.34. The number of hydrogen-bond acceptors (Lipinski definition) is 5. The summed E-state index contributed by atoms with van der Waals surface area (Å²) in [4.78, 5) is 0. The fourth-order valence-corrected chi connectivity index (χ4v) is 1.88. The Morgan fingerprint density at radius 2 is 2.15 bits per heavy atom. The van der Waals surface area contributed by atoms with Crippen molar-refractivity contribution < 1.29 is 4.42 Å². The highest BCUT2D eigenvalue weighted by Crippen LogP contribution is 2.23. The van der Waals surface area contributed by atoms with Crippen molar-refractivity contribution in [1.82, 2.24) is 15.5 Å². The number of aryl methyl sites for hydroxylation is 1. The second kappa shape index (κ2) is 6.72. The first-order chi connectivity index (χ1) is 9.60. The molecule has 0 spiro atoms. The summed E-state index contributed by atoms with van der Waals surface area (Å²) in [5.41, 5.74) is 1.85. The first-order valence-electron chi connectivity index (χ1n) is 6.70. The van der Waals surface area contributed by atoms with Gasteiger partial charge in [0.15, 0.2) is 0 Å². The molecule has 2 N–H and O–H groups in total. The third kappa shape index (κ3) is 3.71. The molecule has 2 aromatic rings. The van der Waals surface area contributed by atoms with Gasteiger partial charge in [-0.1, -0.05) is 29.7 Å². The van der Waals surface area contributed by atoms with E-state index in [0.717, 1.165) is 24.2 Å². The second-order valence-electron chi connectivity index (χ2n) is 4.71. The number of rotatable bonds is 6. The smallest absolute Gasteiger partial charge is 0.320 e. The van der Waals surface area contributed by atoms with Gasteiger partial charge in [0.25, 0.3) is 0 Å². The van der Waals surface area contributed by atoms with E-state index < -0.39 is 0 Å². The van der Waals surface area contributed by atoms with Gasteiger partial charge in [-0.25, -0.2) is 0 Å². The Morgan fingerprint density at radius 3 is 2.85 bits per heavy atom. The van der Waals surface area contributed by atoms with Gasteiger partial charge in [0.2, 0.25) is 5.89 Å². The highest BCUT2D eigenvalue weighted by Gasteiger charge is 2.13. The Bertz CT molecular complexity index is 570. The fraction of sp³-hybridized carbons (Fsp3) is 0.429. The molecule has 2 rings (SSSR count). The quantitative estimate of drug-likeness (QED) is 0.847. The zero-order valence-corrected chi connectivity index (χ0v) is 12.7. The summed E-state index contributed by atoms with van der Waals surface area (Å²) in [6.07, 6.45) is 1.06. The number of nitrogens with one attached hydrogen (secondary N) is 2. The first-order valence-corrected chi connectivity index (χ1v) is 7.08. The van der Waals surface area contributed by atoms with E-state index in [0.29, 0.717) is 16.9 Å². The van der Waals surface area contributed by atoms with Crippen LogP contribution in [0.2, 0.25) is 5.02 Å². The minimum Gasteiger partial charge on any atom is -0.406 e. The maximum Gasteiger partial charge on any atom is 0.320 e. The predicted molar refractivity (Wildman–Crippen MR) is 80.5 cm³/mol. The van der Waals surface area contributed by atoms with Gasteiger partial charge in [0.1, 0.15) is 0 Å². The van der Waals surface area contributed by atoms with Gasteiger partial charge in [-0.2, -0.15) is 0 Å². The van der Waals surface area contributed by atoms with E-state index in [1.807, 2.05) is 32.0 Å². The number of anilines is 2. The Hall–Kier alpha value is -1.59. The van der Waals surface area contributed by atoms with E-state index in [1.165, 1.54) is 0 Å². The van der Waals surface area contributed by atoms with Gasteiger partial charge in [0, 0.05) is 10.7 Å². The van der Waals surface area contributed by atoms with E-state index in [2.05, 4.69) is 27.8 Å². The van der Waals surface area contributed by atoms with E-state index >= 15 is 0 Å². The van der Waals surface area contributed by atoms with Gasteiger partial charge in [-0.05, 0) is 44.5 Å². The minimum atomic E-state index is 0.0413. The topological polar surface area (TPSA) is 63.0 Å². The molecule has 1 unspecified atom stereocenters. The van der Waals surface area contributed by atoms with Crippen molar-refractivity contribution >= 4 is 23.3 Å². The molecule has 0 amide bonds. The normalized spacial score (nSPS) is 12.4. The van der Waals surface area contributed by atoms with Gasteiger partial charge >= 0.3 is 6.01 Å². The molecule has 0 aliphatic rings. The SMILES string of the molecule is CCCNC(C)c1nnc(Nc2ccc(C)c(Cl)c2)o1. The van der Waals surface area contributed by atoms with E-state index in [9.17, 15) is 0 Å². The zero-order chi connectivity index (χ0) is 14.5. The third-order valence-electron chi connectivity index (χ3n) is 2.93. The van der Waals surface area contributed by atoms with Gasteiger partial charge in [-0.3, -0.25) is 0 Å². The van der Waals surface area contributed by atoms with E-state index in [-0.39, 0.29) is 6.04 Å². The van der Waals surface area contributed by atoms with Crippen molar-refractivity contribution in [1.29, 1.82) is 0 Å². The van der Waals surface area contributed by atoms with Gasteiger partial charge < -0.3 is 15.1 Å². The molecule has 0 saturated heterocycles. The molecule has 1 atom stereocenters. The van der Waals surface area contributed by atoms with Crippen molar-refractivity contribution in [2.45, 2.75) is 33.2 Å². The summed E-state index contributed by atoms with van der Waals surface area (Å²) in [6.45, 7) is 6.98. The molecular formula is C14H19ClN4O. The molecule has 0 aliphatic heterocycles. The van der Waals surface area contributed by atoms with Crippen LogP contribution in [0.5, 0.6) is 0 Å². The van der Waals surface area contributed by atoms with Crippen molar-refractivity contribution in [3.63, 3.8) is 0 Å². The lowest BCUT2D eigenvalue weighted by molar-refractivity contribution is 0.424. The molecule has 20 heavy (non-hydrogen) atoms. The average molecular weight is 295 g/mol. The highest BCUT2D eigenvalue weighted by atomic mass is 35.5. The Morgan fingerprint density at radius 1 is 1.35 bits per heavy atom. The van der Waals surface area contributed by atoms with Gasteiger partial charge in [-0.15, -0.1) is 5.10 Å². The van der Waals surface area contributed by atoms with Crippen LogP contribution in [0.15, 0.2) is 22.6 Å². The molecule has 5 nitrogen and oxygen atoms in total. The monoisotopic (exact) mass is 294 g/mol. The molecule has 0 fully saturated rings. The second-order valence-corrected chi connectivity index (χ2v) is 5.12. The fourth-order valence-electron chi connectivity index (χ4n) is 1.70. The lowest BCUT2D eigenvalue weighted by Gasteiger charge is -2.07. The summed E-state index contributed by atoms with van der Waals surface area (Å²) in [7, 11) is 0. The number of aromatic nitrogens is 2. The maximum absolute atomic E-state index is 6.08. The van der Waals surface area contributed by atoms with Crippen LogP contribution in [0.3, 0.4) is 0 Å². The number of nitrogens with zero attached hydrogens (tertiary/aromatic N) is 2.